The molecule has 5 heteroatoms. The number of halogens is 3. The maximum absolute atomic E-state index is 8.32. The van der Waals surface area contributed by atoms with Crippen molar-refractivity contribution in [3.8, 4) is 6.19 Å². The number of rotatable bonds is 1. The molecule has 1 N–H and O–H groups in total. The second-order valence-corrected chi connectivity index (χ2v) is 3.21. The van der Waals surface area contributed by atoms with Gasteiger partial charge in [0.05, 0.1) is 15.7 Å². The van der Waals surface area contributed by atoms with Crippen LogP contribution in [0.5, 0.6) is 0 Å². The Morgan fingerprint density at radius 3 is 2.50 bits per heavy atom. The minimum absolute atomic E-state index is 0.294. The number of nitrogens with zero attached hydrogens (tertiary/aromatic N) is 1. The molecular weight excluding hydrogens is 218 g/mol. The van der Waals surface area contributed by atoms with Crippen LogP contribution in [0.3, 0.4) is 0 Å². The number of anilines is 1. The normalized spacial score (nSPS) is 9.17. The summed E-state index contributed by atoms with van der Waals surface area (Å²) >= 11 is 17.1. The van der Waals surface area contributed by atoms with E-state index >= 15 is 0 Å². The van der Waals surface area contributed by atoms with E-state index in [9.17, 15) is 0 Å². The van der Waals surface area contributed by atoms with Crippen LogP contribution < -0.4 is 5.32 Å². The molecule has 0 amide bonds. The Balaban J connectivity index is 3.20. The van der Waals surface area contributed by atoms with Crippen LogP contribution in [0.25, 0.3) is 0 Å². The van der Waals surface area contributed by atoms with Gasteiger partial charge in [-0.15, -0.1) is 0 Å². The van der Waals surface area contributed by atoms with Crippen LogP contribution >= 0.6 is 34.8 Å². The van der Waals surface area contributed by atoms with E-state index in [2.05, 4.69) is 5.32 Å². The molecule has 0 unspecified atom stereocenters. The van der Waals surface area contributed by atoms with E-state index in [0.717, 1.165) is 0 Å². The van der Waals surface area contributed by atoms with E-state index in [-0.39, 0.29) is 0 Å². The van der Waals surface area contributed by atoms with E-state index in [1.54, 1.807) is 6.19 Å². The van der Waals surface area contributed by atoms with Gasteiger partial charge >= 0.3 is 0 Å². The SMILES string of the molecule is N#CNc1cc(Cl)cc(Cl)c1Cl. The summed E-state index contributed by atoms with van der Waals surface area (Å²) in [4.78, 5) is 0. The largest absolute Gasteiger partial charge is 0.291 e. The second-order valence-electron chi connectivity index (χ2n) is 1.99. The summed E-state index contributed by atoms with van der Waals surface area (Å²) in [7, 11) is 0. The highest BCUT2D eigenvalue weighted by molar-refractivity contribution is 6.45. The molecule has 1 aromatic carbocycles. The monoisotopic (exact) mass is 220 g/mol. The molecular formula is C7H3Cl3N2. The van der Waals surface area contributed by atoms with Gasteiger partial charge < -0.3 is 0 Å². The lowest BCUT2D eigenvalue weighted by Crippen LogP contribution is -1.88. The van der Waals surface area contributed by atoms with Crippen molar-refractivity contribution in [1.82, 2.24) is 0 Å². The molecule has 1 rings (SSSR count). The van der Waals surface area contributed by atoms with Crippen LogP contribution in [-0.2, 0) is 0 Å². The summed E-state index contributed by atoms with van der Waals surface area (Å²) in [5, 5.41) is 11.7. The lowest BCUT2D eigenvalue weighted by Gasteiger charge is -2.03. The summed E-state index contributed by atoms with van der Waals surface area (Å²) in [5.41, 5.74) is 0.414. The van der Waals surface area contributed by atoms with Crippen molar-refractivity contribution in [2.24, 2.45) is 0 Å². The highest BCUT2D eigenvalue weighted by Gasteiger charge is 2.05. The zero-order valence-electron chi connectivity index (χ0n) is 5.74. The van der Waals surface area contributed by atoms with Gasteiger partial charge in [0.25, 0.3) is 0 Å². The predicted octanol–water partition coefficient (Wildman–Crippen LogP) is 3.54. The average molecular weight is 221 g/mol. The lowest BCUT2D eigenvalue weighted by molar-refractivity contribution is 1.47. The number of hydrogen-bond donors (Lipinski definition) is 1. The van der Waals surface area contributed by atoms with Crippen molar-refractivity contribution in [3.63, 3.8) is 0 Å². The van der Waals surface area contributed by atoms with Gasteiger partial charge in [0.2, 0.25) is 0 Å². The lowest BCUT2D eigenvalue weighted by atomic mass is 10.3. The molecule has 12 heavy (non-hydrogen) atoms. The van der Waals surface area contributed by atoms with Crippen LogP contribution in [0.4, 0.5) is 5.69 Å². The molecule has 62 valence electrons. The van der Waals surface area contributed by atoms with Crippen molar-refractivity contribution in [2.45, 2.75) is 0 Å². The molecule has 0 saturated heterocycles. The van der Waals surface area contributed by atoms with E-state index in [1.807, 2.05) is 0 Å². The van der Waals surface area contributed by atoms with E-state index in [0.29, 0.717) is 20.8 Å². The average Bonchev–Trinajstić information content (AvgIpc) is 2.00. The molecule has 1 aromatic rings. The molecule has 0 spiro atoms. The third-order valence-corrected chi connectivity index (χ3v) is 2.20. The van der Waals surface area contributed by atoms with Crippen LogP contribution in [-0.4, -0.2) is 0 Å². The first-order valence-corrected chi connectivity index (χ1v) is 4.08. The third kappa shape index (κ3) is 1.95. The fourth-order valence-corrected chi connectivity index (χ4v) is 1.36. The number of nitrogens with one attached hydrogen (secondary N) is 1. The summed E-state index contributed by atoms with van der Waals surface area (Å²) in [6, 6.07) is 3.03. The van der Waals surface area contributed by atoms with Gasteiger partial charge in [0.15, 0.2) is 6.19 Å². The van der Waals surface area contributed by atoms with Crippen molar-refractivity contribution in [1.29, 1.82) is 5.26 Å². The first kappa shape index (κ1) is 9.47. The summed E-state index contributed by atoms with van der Waals surface area (Å²) < 4.78 is 0. The maximum Gasteiger partial charge on any atom is 0.181 e. The van der Waals surface area contributed by atoms with Crippen molar-refractivity contribution >= 4 is 40.5 Å². The summed E-state index contributed by atoms with van der Waals surface area (Å²) in [6.07, 6.45) is 1.73. The Morgan fingerprint density at radius 2 is 1.92 bits per heavy atom. The molecule has 0 radical (unpaired) electrons. The van der Waals surface area contributed by atoms with Gasteiger partial charge in [-0.1, -0.05) is 34.8 Å². The first-order valence-electron chi connectivity index (χ1n) is 2.95. The fourth-order valence-electron chi connectivity index (χ4n) is 0.707. The van der Waals surface area contributed by atoms with Crippen LogP contribution in [0, 0.1) is 11.5 Å². The molecule has 0 aliphatic carbocycles. The van der Waals surface area contributed by atoms with E-state index in [4.69, 9.17) is 40.1 Å². The van der Waals surface area contributed by atoms with Crippen molar-refractivity contribution in [2.75, 3.05) is 5.32 Å². The molecule has 0 saturated carbocycles. The van der Waals surface area contributed by atoms with Crippen LogP contribution in [0.1, 0.15) is 0 Å². The van der Waals surface area contributed by atoms with Crippen LogP contribution in [0.2, 0.25) is 15.1 Å². The van der Waals surface area contributed by atoms with Gasteiger partial charge in [-0.25, -0.2) is 0 Å². The Hall–Kier alpha value is -0.620. The highest BCUT2D eigenvalue weighted by atomic mass is 35.5. The fraction of sp³-hybridized carbons (Fsp3) is 0. The maximum atomic E-state index is 8.32. The Kier molecular flexibility index (Phi) is 3.05. The minimum Gasteiger partial charge on any atom is -0.291 e. The Labute approximate surface area is 84.6 Å². The molecule has 0 bridgehead atoms. The van der Waals surface area contributed by atoms with E-state index < -0.39 is 0 Å². The first-order chi connectivity index (χ1) is 5.65. The molecule has 0 atom stereocenters. The molecule has 0 fully saturated rings. The predicted molar refractivity (Wildman–Crippen MR) is 50.7 cm³/mol. The minimum atomic E-state index is 0.294. The van der Waals surface area contributed by atoms with Gasteiger partial charge in [0.1, 0.15) is 0 Å². The summed E-state index contributed by atoms with van der Waals surface area (Å²) in [6.45, 7) is 0. The molecule has 2 nitrogen and oxygen atoms in total. The molecule has 0 aromatic heterocycles. The Morgan fingerprint density at radius 1 is 1.25 bits per heavy atom. The van der Waals surface area contributed by atoms with Gasteiger partial charge in [-0.05, 0) is 12.1 Å². The van der Waals surface area contributed by atoms with Crippen LogP contribution in [0.15, 0.2) is 12.1 Å². The number of nitriles is 1. The molecule has 0 heterocycles. The van der Waals surface area contributed by atoms with Gasteiger partial charge in [-0.2, -0.15) is 5.26 Å². The van der Waals surface area contributed by atoms with Crippen molar-refractivity contribution < 1.29 is 0 Å². The van der Waals surface area contributed by atoms with E-state index in [1.165, 1.54) is 12.1 Å². The smallest absolute Gasteiger partial charge is 0.181 e. The number of hydrogen-bond acceptors (Lipinski definition) is 2. The topological polar surface area (TPSA) is 35.8 Å². The zero-order valence-corrected chi connectivity index (χ0v) is 8.00. The van der Waals surface area contributed by atoms with Gasteiger partial charge in [-0.3, -0.25) is 5.32 Å². The second kappa shape index (κ2) is 3.86. The number of benzene rings is 1. The molecule has 0 aliphatic rings. The zero-order chi connectivity index (χ0) is 9.14. The third-order valence-electron chi connectivity index (χ3n) is 1.18. The Bertz CT molecular complexity index is 343. The van der Waals surface area contributed by atoms with Gasteiger partial charge in [0, 0.05) is 5.02 Å². The quantitative estimate of drug-likeness (QED) is 0.447. The highest BCUT2D eigenvalue weighted by Crippen LogP contribution is 2.33. The standard InChI is InChI=1S/C7H3Cl3N2/c8-4-1-5(9)7(10)6(2-4)12-3-11/h1-2,12H. The summed E-state index contributed by atoms with van der Waals surface area (Å²) in [5.74, 6) is 0. The van der Waals surface area contributed by atoms with Crippen molar-refractivity contribution in [3.05, 3.63) is 27.2 Å². The molecule has 0 aliphatic heterocycles.